The largest absolute Gasteiger partial charge is 0.325 e. The Morgan fingerprint density at radius 1 is 1.42 bits per heavy atom. The third-order valence-electron chi connectivity index (χ3n) is 2.46. The molecule has 0 radical (unpaired) electrons. The molecule has 8 nitrogen and oxygen atoms in total. The first-order valence-electron chi connectivity index (χ1n) is 5.72. The summed E-state index contributed by atoms with van der Waals surface area (Å²) in [5.74, 6) is -0.0228. The van der Waals surface area contributed by atoms with Crippen LogP contribution in [0.15, 0.2) is 29.6 Å². The third kappa shape index (κ3) is 2.97. The molecular weight excluding hydrogens is 248 g/mol. The van der Waals surface area contributed by atoms with Gasteiger partial charge in [-0.25, -0.2) is 9.78 Å². The maximum atomic E-state index is 11.7. The summed E-state index contributed by atoms with van der Waals surface area (Å²) >= 11 is 0. The van der Waals surface area contributed by atoms with E-state index in [2.05, 4.69) is 20.7 Å². The van der Waals surface area contributed by atoms with Crippen LogP contribution in [-0.2, 0) is 13.6 Å². The molecule has 100 valence electrons. The van der Waals surface area contributed by atoms with Crippen molar-refractivity contribution in [2.45, 2.75) is 13.5 Å². The number of carbonyl (C=O) groups is 1. The van der Waals surface area contributed by atoms with Crippen molar-refractivity contribution in [1.82, 2.24) is 19.3 Å². The third-order valence-corrected chi connectivity index (χ3v) is 2.46. The molecule has 19 heavy (non-hydrogen) atoms. The molecule has 0 unspecified atom stereocenters. The van der Waals surface area contributed by atoms with Gasteiger partial charge in [0.2, 0.25) is 5.82 Å². The van der Waals surface area contributed by atoms with Gasteiger partial charge in [0.1, 0.15) is 0 Å². The summed E-state index contributed by atoms with van der Waals surface area (Å²) in [5, 5.41) is 8.98. The molecule has 2 heterocycles. The molecule has 0 aliphatic rings. The average Bonchev–Trinajstić information content (AvgIpc) is 2.82. The molecule has 2 aromatic rings. The second-order valence-electron chi connectivity index (χ2n) is 3.86. The van der Waals surface area contributed by atoms with E-state index in [4.69, 9.17) is 0 Å². The van der Waals surface area contributed by atoms with Crippen LogP contribution in [0.3, 0.4) is 0 Å². The first-order chi connectivity index (χ1) is 9.10. The number of nitrogens with one attached hydrogen (secondary N) is 2. The van der Waals surface area contributed by atoms with Crippen LogP contribution in [0.1, 0.15) is 6.92 Å². The van der Waals surface area contributed by atoms with Gasteiger partial charge >= 0.3 is 6.03 Å². The molecule has 2 amide bonds. The van der Waals surface area contributed by atoms with Crippen LogP contribution in [0, 0.1) is 0 Å². The highest BCUT2D eigenvalue weighted by Crippen LogP contribution is 2.05. The lowest BCUT2D eigenvalue weighted by Gasteiger charge is -2.05. The molecular formula is C11H14N6O2. The number of urea groups is 1. The van der Waals surface area contributed by atoms with E-state index < -0.39 is 6.03 Å². The number of anilines is 2. The van der Waals surface area contributed by atoms with Crippen LogP contribution >= 0.6 is 0 Å². The highest BCUT2D eigenvalue weighted by atomic mass is 16.2. The zero-order chi connectivity index (χ0) is 13.8. The Balaban J connectivity index is 2.05. The summed E-state index contributed by atoms with van der Waals surface area (Å²) < 4.78 is 3.01. The fourth-order valence-corrected chi connectivity index (χ4v) is 1.45. The maximum Gasteiger partial charge on any atom is 0.325 e. The lowest BCUT2D eigenvalue weighted by Crippen LogP contribution is -2.27. The van der Waals surface area contributed by atoms with Crippen molar-refractivity contribution in [3.63, 3.8) is 0 Å². The van der Waals surface area contributed by atoms with E-state index in [1.54, 1.807) is 17.9 Å². The Labute approximate surface area is 109 Å². The van der Waals surface area contributed by atoms with Crippen LogP contribution in [0.2, 0.25) is 0 Å². The van der Waals surface area contributed by atoms with Crippen molar-refractivity contribution >= 4 is 17.5 Å². The summed E-state index contributed by atoms with van der Waals surface area (Å²) in [6, 6.07) is -0.536. The Bertz CT molecular complexity index is 645. The van der Waals surface area contributed by atoms with E-state index in [1.165, 1.54) is 23.2 Å². The van der Waals surface area contributed by atoms with Crippen LogP contribution in [0.4, 0.5) is 16.3 Å². The van der Waals surface area contributed by atoms with E-state index in [0.29, 0.717) is 12.2 Å². The van der Waals surface area contributed by atoms with Crippen LogP contribution in [0.5, 0.6) is 0 Å². The van der Waals surface area contributed by atoms with Crippen LogP contribution < -0.4 is 16.2 Å². The van der Waals surface area contributed by atoms with E-state index in [1.807, 2.05) is 6.92 Å². The fraction of sp³-hybridized carbons (Fsp3) is 0.273. The first-order valence-corrected chi connectivity index (χ1v) is 5.72. The summed E-state index contributed by atoms with van der Waals surface area (Å²) in [4.78, 5) is 27.2. The van der Waals surface area contributed by atoms with Crippen molar-refractivity contribution < 1.29 is 4.79 Å². The summed E-state index contributed by atoms with van der Waals surface area (Å²) in [6.45, 7) is 2.65. The molecule has 0 aliphatic heterocycles. The van der Waals surface area contributed by atoms with Crippen molar-refractivity contribution in [1.29, 1.82) is 0 Å². The lowest BCUT2D eigenvalue weighted by atomic mass is 10.5. The van der Waals surface area contributed by atoms with Crippen LogP contribution in [-0.4, -0.2) is 25.4 Å². The normalized spacial score (nSPS) is 10.2. The molecule has 0 saturated heterocycles. The quantitative estimate of drug-likeness (QED) is 0.848. The van der Waals surface area contributed by atoms with Gasteiger partial charge in [-0.2, -0.15) is 5.10 Å². The summed E-state index contributed by atoms with van der Waals surface area (Å²) in [7, 11) is 1.58. The smallest absolute Gasteiger partial charge is 0.314 e. The van der Waals surface area contributed by atoms with E-state index in [9.17, 15) is 9.59 Å². The number of aromatic nitrogens is 4. The van der Waals surface area contributed by atoms with Crippen LogP contribution in [0.25, 0.3) is 0 Å². The maximum absolute atomic E-state index is 11.7. The number of amides is 2. The molecule has 0 aliphatic carbocycles. The van der Waals surface area contributed by atoms with Crippen molar-refractivity contribution in [3.8, 4) is 0 Å². The Kier molecular flexibility index (Phi) is 3.60. The molecule has 8 heteroatoms. The van der Waals surface area contributed by atoms with Gasteiger partial charge in [0.25, 0.3) is 5.56 Å². The lowest BCUT2D eigenvalue weighted by molar-refractivity contribution is 0.262. The van der Waals surface area contributed by atoms with Gasteiger partial charge in [0, 0.05) is 32.2 Å². The van der Waals surface area contributed by atoms with Crippen molar-refractivity contribution in [3.05, 3.63) is 35.1 Å². The van der Waals surface area contributed by atoms with Gasteiger partial charge in [-0.15, -0.1) is 0 Å². The molecule has 0 bridgehead atoms. The number of carbonyl (C=O) groups excluding carboxylic acids is 1. The highest BCUT2D eigenvalue weighted by molar-refractivity contribution is 5.98. The molecule has 2 aromatic heterocycles. The zero-order valence-corrected chi connectivity index (χ0v) is 10.6. The fourth-order valence-electron chi connectivity index (χ4n) is 1.45. The standard InChI is InChI=1S/C11H14N6O2/c1-3-17-7-8(6-13-17)14-11(19)15-9-10(18)16(2)5-4-12-9/h4-7H,3H2,1-2H3,(H2,12,14,15,19). The molecule has 0 saturated carbocycles. The first kappa shape index (κ1) is 12.8. The second kappa shape index (κ2) is 5.34. The minimum Gasteiger partial charge on any atom is -0.314 e. The predicted octanol–water partition coefficient (Wildman–Crippen LogP) is 0.641. The summed E-state index contributed by atoms with van der Waals surface area (Å²) in [5.41, 5.74) is 0.175. The van der Waals surface area contributed by atoms with Crippen molar-refractivity contribution in [2.75, 3.05) is 10.6 Å². The molecule has 0 fully saturated rings. The topological polar surface area (TPSA) is 93.8 Å². The Hall–Kier alpha value is -2.64. The minimum absolute atomic E-state index is 0.0228. The number of hydrogen-bond acceptors (Lipinski definition) is 4. The van der Waals surface area contributed by atoms with Gasteiger partial charge in [0.15, 0.2) is 0 Å². The van der Waals surface area contributed by atoms with Gasteiger partial charge in [-0.05, 0) is 6.92 Å². The minimum atomic E-state index is -0.536. The van der Waals surface area contributed by atoms with Crippen molar-refractivity contribution in [2.24, 2.45) is 7.05 Å². The Morgan fingerprint density at radius 2 is 2.21 bits per heavy atom. The highest BCUT2D eigenvalue weighted by Gasteiger charge is 2.08. The number of hydrogen-bond donors (Lipinski definition) is 2. The average molecular weight is 262 g/mol. The molecule has 2 N–H and O–H groups in total. The predicted molar refractivity (Wildman–Crippen MR) is 70.0 cm³/mol. The molecule has 0 atom stereocenters. The van der Waals surface area contributed by atoms with Gasteiger partial charge in [0.05, 0.1) is 11.9 Å². The monoisotopic (exact) mass is 262 g/mol. The van der Waals surface area contributed by atoms with E-state index in [-0.39, 0.29) is 11.4 Å². The van der Waals surface area contributed by atoms with Gasteiger partial charge in [-0.1, -0.05) is 0 Å². The molecule has 2 rings (SSSR count). The summed E-state index contributed by atoms with van der Waals surface area (Å²) in [6.07, 6.45) is 6.17. The van der Waals surface area contributed by atoms with Gasteiger partial charge < -0.3 is 9.88 Å². The zero-order valence-electron chi connectivity index (χ0n) is 10.6. The number of aryl methyl sites for hydroxylation is 2. The Morgan fingerprint density at radius 3 is 2.89 bits per heavy atom. The SMILES string of the molecule is CCn1cc(NC(=O)Nc2nccn(C)c2=O)cn1. The molecule has 0 aromatic carbocycles. The number of nitrogens with zero attached hydrogens (tertiary/aromatic N) is 4. The van der Waals surface area contributed by atoms with E-state index >= 15 is 0 Å². The molecule has 0 spiro atoms. The van der Waals surface area contributed by atoms with Gasteiger partial charge in [-0.3, -0.25) is 14.8 Å². The number of rotatable bonds is 3. The second-order valence-corrected chi connectivity index (χ2v) is 3.86. The van der Waals surface area contributed by atoms with E-state index in [0.717, 1.165) is 0 Å².